The van der Waals surface area contributed by atoms with E-state index in [1.165, 1.54) is 12.1 Å². The topological polar surface area (TPSA) is 101 Å². The van der Waals surface area contributed by atoms with Crippen LogP contribution in [0.5, 0.6) is 0 Å². The van der Waals surface area contributed by atoms with Gasteiger partial charge in [0.1, 0.15) is 0 Å². The molecule has 0 aliphatic carbocycles. The maximum atomic E-state index is 12.4. The van der Waals surface area contributed by atoms with E-state index in [9.17, 15) is 13.2 Å². The number of anilines is 1. The molecular weight excluding hydrogens is 326 g/mol. The molecular formula is C17H21N3O3S. The Morgan fingerprint density at radius 3 is 2.33 bits per heavy atom. The molecule has 0 spiro atoms. The minimum absolute atomic E-state index is 0.142. The Labute approximate surface area is 142 Å². The van der Waals surface area contributed by atoms with Crippen molar-refractivity contribution in [3.63, 3.8) is 0 Å². The van der Waals surface area contributed by atoms with Gasteiger partial charge in [0.15, 0.2) is 0 Å². The molecule has 0 aliphatic rings. The van der Waals surface area contributed by atoms with Gasteiger partial charge in [0.2, 0.25) is 0 Å². The maximum absolute atomic E-state index is 12.4. The Hall–Kier alpha value is -2.38. The highest BCUT2D eigenvalue weighted by atomic mass is 32.2. The fraction of sp³-hybridized carbons (Fsp3) is 0.235. The van der Waals surface area contributed by atoms with E-state index in [0.717, 1.165) is 12.8 Å². The zero-order valence-corrected chi connectivity index (χ0v) is 14.1. The minimum Gasteiger partial charge on any atom is -0.352 e. The van der Waals surface area contributed by atoms with Crippen molar-refractivity contribution >= 4 is 21.6 Å². The van der Waals surface area contributed by atoms with Gasteiger partial charge in [-0.15, -0.1) is 0 Å². The predicted octanol–water partition coefficient (Wildman–Crippen LogP) is 1.96. The molecule has 128 valence electrons. The minimum atomic E-state index is -3.74. The molecule has 4 N–H and O–H groups in total. The molecule has 0 fully saturated rings. The van der Waals surface area contributed by atoms with E-state index in [0.29, 0.717) is 13.1 Å². The first kappa shape index (κ1) is 18.0. The summed E-state index contributed by atoms with van der Waals surface area (Å²) in [5, 5.41) is 2.77. The van der Waals surface area contributed by atoms with Gasteiger partial charge < -0.3 is 11.1 Å². The number of carbonyl (C=O) groups is 1. The number of amides is 1. The Balaban J connectivity index is 2.15. The Kier molecular flexibility index (Phi) is 6.34. The Morgan fingerprint density at radius 2 is 1.62 bits per heavy atom. The van der Waals surface area contributed by atoms with Gasteiger partial charge in [-0.25, -0.2) is 8.42 Å². The van der Waals surface area contributed by atoms with E-state index in [-0.39, 0.29) is 22.1 Å². The lowest BCUT2D eigenvalue weighted by molar-refractivity contribution is 0.0954. The van der Waals surface area contributed by atoms with Gasteiger partial charge in [0.05, 0.1) is 16.1 Å². The molecule has 0 saturated heterocycles. The largest absolute Gasteiger partial charge is 0.352 e. The summed E-state index contributed by atoms with van der Waals surface area (Å²) in [5.74, 6) is -0.321. The second kappa shape index (κ2) is 8.47. The third kappa shape index (κ3) is 4.81. The second-order valence-electron chi connectivity index (χ2n) is 5.22. The number of rotatable bonds is 8. The summed E-state index contributed by atoms with van der Waals surface area (Å²) in [6.07, 6.45) is 1.60. The van der Waals surface area contributed by atoms with E-state index in [4.69, 9.17) is 5.73 Å². The molecule has 0 aliphatic heterocycles. The number of nitrogens with two attached hydrogens (primary N) is 1. The van der Waals surface area contributed by atoms with E-state index in [2.05, 4.69) is 10.0 Å². The van der Waals surface area contributed by atoms with Crippen LogP contribution in [0.2, 0.25) is 0 Å². The van der Waals surface area contributed by atoms with Crippen LogP contribution in [0.1, 0.15) is 23.2 Å². The van der Waals surface area contributed by atoms with Crippen molar-refractivity contribution in [1.82, 2.24) is 5.32 Å². The summed E-state index contributed by atoms with van der Waals surface area (Å²) in [5.41, 5.74) is 5.95. The molecule has 2 rings (SSSR count). The average molecular weight is 347 g/mol. The third-order valence-electron chi connectivity index (χ3n) is 3.39. The van der Waals surface area contributed by atoms with E-state index in [1.54, 1.807) is 42.5 Å². The Bertz CT molecular complexity index is 777. The summed E-state index contributed by atoms with van der Waals surface area (Å²) in [6, 6.07) is 14.5. The number of sulfonamides is 1. The van der Waals surface area contributed by atoms with Crippen molar-refractivity contribution in [2.45, 2.75) is 17.7 Å². The molecule has 0 radical (unpaired) electrons. The number of hydrogen-bond acceptors (Lipinski definition) is 4. The van der Waals surface area contributed by atoms with Gasteiger partial charge in [-0.05, 0) is 43.7 Å². The molecule has 7 heteroatoms. The SMILES string of the molecule is NCCCCNC(=O)c1ccccc1NS(=O)(=O)c1ccccc1. The highest BCUT2D eigenvalue weighted by Crippen LogP contribution is 2.20. The van der Waals surface area contributed by atoms with Crippen LogP contribution in [-0.4, -0.2) is 27.4 Å². The lowest BCUT2D eigenvalue weighted by atomic mass is 10.1. The van der Waals surface area contributed by atoms with Crippen LogP contribution in [0, 0.1) is 0 Å². The molecule has 2 aromatic rings. The highest BCUT2D eigenvalue weighted by molar-refractivity contribution is 7.92. The van der Waals surface area contributed by atoms with Crippen molar-refractivity contribution in [3.05, 3.63) is 60.2 Å². The van der Waals surface area contributed by atoms with Gasteiger partial charge in [-0.1, -0.05) is 30.3 Å². The first-order chi connectivity index (χ1) is 11.5. The third-order valence-corrected chi connectivity index (χ3v) is 4.77. The molecule has 0 saturated carbocycles. The van der Waals surface area contributed by atoms with Crippen LogP contribution >= 0.6 is 0 Å². The van der Waals surface area contributed by atoms with Gasteiger partial charge in [-0.3, -0.25) is 9.52 Å². The van der Waals surface area contributed by atoms with Crippen molar-refractivity contribution in [2.24, 2.45) is 5.73 Å². The highest BCUT2D eigenvalue weighted by Gasteiger charge is 2.18. The molecule has 0 heterocycles. The van der Waals surface area contributed by atoms with Crippen LogP contribution in [0.15, 0.2) is 59.5 Å². The fourth-order valence-corrected chi connectivity index (χ4v) is 3.24. The molecule has 2 aromatic carbocycles. The number of para-hydroxylation sites is 1. The van der Waals surface area contributed by atoms with Gasteiger partial charge in [0, 0.05) is 6.54 Å². The van der Waals surface area contributed by atoms with Crippen LogP contribution in [0.3, 0.4) is 0 Å². The molecule has 0 bridgehead atoms. The van der Waals surface area contributed by atoms with Crippen molar-refractivity contribution < 1.29 is 13.2 Å². The second-order valence-corrected chi connectivity index (χ2v) is 6.90. The first-order valence-electron chi connectivity index (χ1n) is 7.70. The zero-order valence-electron chi connectivity index (χ0n) is 13.2. The number of carbonyl (C=O) groups excluding carboxylic acids is 1. The van der Waals surface area contributed by atoms with Crippen molar-refractivity contribution in [1.29, 1.82) is 0 Å². The van der Waals surface area contributed by atoms with Crippen LogP contribution in [0.4, 0.5) is 5.69 Å². The lowest BCUT2D eigenvalue weighted by Crippen LogP contribution is -2.26. The van der Waals surface area contributed by atoms with E-state index >= 15 is 0 Å². The monoisotopic (exact) mass is 347 g/mol. The van der Waals surface area contributed by atoms with Crippen molar-refractivity contribution in [2.75, 3.05) is 17.8 Å². The van der Waals surface area contributed by atoms with Gasteiger partial charge in [0.25, 0.3) is 15.9 Å². The summed E-state index contributed by atoms with van der Waals surface area (Å²) < 4.78 is 27.3. The summed E-state index contributed by atoms with van der Waals surface area (Å²) in [6.45, 7) is 1.07. The molecule has 1 amide bonds. The predicted molar refractivity (Wildman–Crippen MR) is 94.3 cm³/mol. The smallest absolute Gasteiger partial charge is 0.261 e. The number of unbranched alkanes of at least 4 members (excludes halogenated alkanes) is 1. The summed E-state index contributed by atoms with van der Waals surface area (Å²) in [7, 11) is -3.74. The number of benzene rings is 2. The van der Waals surface area contributed by atoms with Crippen LogP contribution in [-0.2, 0) is 10.0 Å². The zero-order chi connectivity index (χ0) is 17.4. The normalized spacial score (nSPS) is 11.0. The fourth-order valence-electron chi connectivity index (χ4n) is 2.14. The van der Waals surface area contributed by atoms with Crippen LogP contribution < -0.4 is 15.8 Å². The average Bonchev–Trinajstić information content (AvgIpc) is 2.59. The summed E-state index contributed by atoms with van der Waals surface area (Å²) >= 11 is 0. The first-order valence-corrected chi connectivity index (χ1v) is 9.18. The lowest BCUT2D eigenvalue weighted by Gasteiger charge is -2.12. The van der Waals surface area contributed by atoms with E-state index in [1.807, 2.05) is 0 Å². The standard InChI is InChI=1S/C17H21N3O3S/c18-12-6-7-13-19-17(21)15-10-4-5-11-16(15)20-24(22,23)14-8-2-1-3-9-14/h1-5,8-11,20H,6-7,12-13,18H2,(H,19,21). The van der Waals surface area contributed by atoms with E-state index < -0.39 is 10.0 Å². The van der Waals surface area contributed by atoms with Gasteiger partial charge in [-0.2, -0.15) is 0 Å². The van der Waals surface area contributed by atoms with Crippen LogP contribution in [0.25, 0.3) is 0 Å². The van der Waals surface area contributed by atoms with Gasteiger partial charge >= 0.3 is 0 Å². The molecule has 24 heavy (non-hydrogen) atoms. The molecule has 0 atom stereocenters. The number of hydrogen-bond donors (Lipinski definition) is 3. The quantitative estimate of drug-likeness (QED) is 0.635. The molecule has 0 unspecified atom stereocenters. The summed E-state index contributed by atoms with van der Waals surface area (Å²) in [4.78, 5) is 12.4. The number of nitrogens with one attached hydrogen (secondary N) is 2. The van der Waals surface area contributed by atoms with Crippen molar-refractivity contribution in [3.8, 4) is 0 Å². The Morgan fingerprint density at radius 1 is 0.958 bits per heavy atom. The molecule has 6 nitrogen and oxygen atoms in total. The molecule has 0 aromatic heterocycles. The maximum Gasteiger partial charge on any atom is 0.261 e.